The number of hydrogen-bond donors (Lipinski definition) is 1. The number of carboxylic acids is 1. The number of carboxylic acid groups (broad SMARTS) is 1. The summed E-state index contributed by atoms with van der Waals surface area (Å²) in [6.45, 7) is 0. The summed E-state index contributed by atoms with van der Waals surface area (Å²) in [7, 11) is 0. The third kappa shape index (κ3) is 3.58. The summed E-state index contributed by atoms with van der Waals surface area (Å²) in [4.78, 5) is 11.3. The molecule has 98 valence electrons. The summed E-state index contributed by atoms with van der Waals surface area (Å²) in [6, 6.07) is 14.2. The molecular weight excluding hydrogens is 376 g/mol. The van der Waals surface area contributed by atoms with Gasteiger partial charge >= 0.3 is 5.97 Å². The van der Waals surface area contributed by atoms with Gasteiger partial charge < -0.3 is 9.84 Å². The van der Waals surface area contributed by atoms with Crippen LogP contribution in [0.1, 0.15) is 11.7 Å². The Bertz CT molecular complexity index is 584. The molecule has 19 heavy (non-hydrogen) atoms. The van der Waals surface area contributed by atoms with E-state index in [4.69, 9.17) is 4.74 Å². The average molecular weight is 386 g/mol. The van der Waals surface area contributed by atoms with Crippen LogP contribution >= 0.6 is 31.9 Å². The first-order valence-corrected chi connectivity index (χ1v) is 7.06. The summed E-state index contributed by atoms with van der Waals surface area (Å²) in [5, 5.41) is 9.28. The molecule has 1 N–H and O–H groups in total. The molecule has 0 heterocycles. The highest BCUT2D eigenvalue weighted by molar-refractivity contribution is 9.11. The Morgan fingerprint density at radius 2 is 1.79 bits per heavy atom. The maximum Gasteiger partial charge on any atom is 0.349 e. The fourth-order valence-corrected chi connectivity index (χ4v) is 2.73. The van der Waals surface area contributed by atoms with E-state index in [0.717, 1.165) is 4.47 Å². The van der Waals surface area contributed by atoms with Gasteiger partial charge in [0.15, 0.2) is 0 Å². The molecule has 2 aromatic rings. The first-order chi connectivity index (χ1) is 9.08. The third-order valence-corrected chi connectivity index (χ3v) is 3.58. The van der Waals surface area contributed by atoms with Gasteiger partial charge in [0.1, 0.15) is 5.75 Å². The van der Waals surface area contributed by atoms with Crippen molar-refractivity contribution in [2.75, 3.05) is 0 Å². The van der Waals surface area contributed by atoms with Gasteiger partial charge in [-0.2, -0.15) is 0 Å². The van der Waals surface area contributed by atoms with Crippen LogP contribution in [0.4, 0.5) is 0 Å². The van der Waals surface area contributed by atoms with Crippen LogP contribution in [0.25, 0.3) is 0 Å². The maximum atomic E-state index is 11.3. The lowest BCUT2D eigenvalue weighted by Gasteiger charge is -2.16. The van der Waals surface area contributed by atoms with E-state index in [0.29, 0.717) is 15.8 Å². The van der Waals surface area contributed by atoms with E-state index in [9.17, 15) is 9.90 Å². The van der Waals surface area contributed by atoms with Gasteiger partial charge in [0.25, 0.3) is 0 Å². The minimum atomic E-state index is -1.03. The lowest BCUT2D eigenvalue weighted by molar-refractivity contribution is -0.145. The number of ether oxygens (including phenoxy) is 1. The molecule has 0 aliphatic heterocycles. The van der Waals surface area contributed by atoms with E-state index >= 15 is 0 Å². The molecule has 5 heteroatoms. The predicted molar refractivity (Wildman–Crippen MR) is 79.3 cm³/mol. The van der Waals surface area contributed by atoms with Crippen LogP contribution in [0.15, 0.2) is 57.5 Å². The number of benzene rings is 2. The van der Waals surface area contributed by atoms with Crippen molar-refractivity contribution in [1.29, 1.82) is 0 Å². The first-order valence-electron chi connectivity index (χ1n) is 5.47. The highest BCUT2D eigenvalue weighted by Crippen LogP contribution is 2.31. The molecule has 0 amide bonds. The standard InChI is InChI=1S/C14H10Br2O3/c15-10-6-7-12(11(16)8-10)19-13(14(17)18)9-4-2-1-3-5-9/h1-8,13H,(H,17,18)/t13-/m1/s1. The van der Waals surface area contributed by atoms with Crippen LogP contribution in [0.2, 0.25) is 0 Å². The summed E-state index contributed by atoms with van der Waals surface area (Å²) in [5.74, 6) is -0.541. The van der Waals surface area contributed by atoms with Gasteiger partial charge in [-0.1, -0.05) is 46.3 Å². The number of rotatable bonds is 4. The molecule has 0 radical (unpaired) electrons. The average Bonchev–Trinajstić information content (AvgIpc) is 2.38. The minimum Gasteiger partial charge on any atom is -0.478 e. The quantitative estimate of drug-likeness (QED) is 0.847. The Morgan fingerprint density at radius 3 is 2.37 bits per heavy atom. The first kappa shape index (κ1) is 14.1. The van der Waals surface area contributed by atoms with Gasteiger partial charge in [0, 0.05) is 10.0 Å². The summed E-state index contributed by atoms with van der Waals surface area (Å²) >= 11 is 6.68. The number of carbonyl (C=O) groups is 1. The smallest absolute Gasteiger partial charge is 0.349 e. The zero-order valence-electron chi connectivity index (χ0n) is 9.72. The van der Waals surface area contributed by atoms with Gasteiger partial charge in [0.2, 0.25) is 6.10 Å². The van der Waals surface area contributed by atoms with Crippen molar-refractivity contribution in [3.63, 3.8) is 0 Å². The number of aliphatic carboxylic acids is 1. The summed E-state index contributed by atoms with van der Waals surface area (Å²) in [5.41, 5.74) is 0.602. The lowest BCUT2D eigenvalue weighted by atomic mass is 10.1. The Kier molecular flexibility index (Phi) is 4.61. The molecule has 1 atom stereocenters. The van der Waals surface area contributed by atoms with Crippen molar-refractivity contribution in [1.82, 2.24) is 0 Å². The van der Waals surface area contributed by atoms with Crippen LogP contribution in [0, 0.1) is 0 Å². The normalized spacial score (nSPS) is 11.9. The fraction of sp³-hybridized carbons (Fsp3) is 0.0714. The molecule has 0 aromatic heterocycles. The molecule has 2 aromatic carbocycles. The SMILES string of the molecule is O=C(O)[C@H](Oc1ccc(Br)cc1Br)c1ccccc1. The molecule has 0 saturated heterocycles. The van der Waals surface area contributed by atoms with Crippen molar-refractivity contribution in [3.05, 3.63) is 63.0 Å². The van der Waals surface area contributed by atoms with Crippen molar-refractivity contribution < 1.29 is 14.6 Å². The number of halogens is 2. The Morgan fingerprint density at radius 1 is 1.11 bits per heavy atom. The van der Waals surface area contributed by atoms with Gasteiger partial charge in [-0.3, -0.25) is 0 Å². The Hall–Kier alpha value is -1.33. The third-order valence-electron chi connectivity index (χ3n) is 2.47. The molecule has 3 nitrogen and oxygen atoms in total. The van der Waals surface area contributed by atoms with Crippen LogP contribution in [-0.2, 0) is 4.79 Å². The lowest BCUT2D eigenvalue weighted by Crippen LogP contribution is -2.18. The van der Waals surface area contributed by atoms with Crippen LogP contribution in [0.3, 0.4) is 0 Å². The topological polar surface area (TPSA) is 46.5 Å². The highest BCUT2D eigenvalue weighted by atomic mass is 79.9. The maximum absolute atomic E-state index is 11.3. The van der Waals surface area contributed by atoms with E-state index in [2.05, 4.69) is 31.9 Å². The second kappa shape index (κ2) is 6.21. The van der Waals surface area contributed by atoms with E-state index in [1.807, 2.05) is 6.07 Å². The molecule has 0 spiro atoms. The van der Waals surface area contributed by atoms with E-state index in [-0.39, 0.29) is 0 Å². The van der Waals surface area contributed by atoms with Crippen molar-refractivity contribution >= 4 is 37.8 Å². The second-order valence-corrected chi connectivity index (χ2v) is 5.59. The predicted octanol–water partition coefficient (Wildman–Crippen LogP) is 4.42. The monoisotopic (exact) mass is 384 g/mol. The van der Waals surface area contributed by atoms with E-state index < -0.39 is 12.1 Å². The second-order valence-electron chi connectivity index (χ2n) is 3.82. The highest BCUT2D eigenvalue weighted by Gasteiger charge is 2.22. The van der Waals surface area contributed by atoms with Crippen molar-refractivity contribution in [3.8, 4) is 5.75 Å². The Balaban J connectivity index is 2.29. The van der Waals surface area contributed by atoms with Gasteiger partial charge in [0.05, 0.1) is 4.47 Å². The van der Waals surface area contributed by atoms with Gasteiger partial charge in [-0.05, 0) is 34.1 Å². The van der Waals surface area contributed by atoms with E-state index in [1.54, 1.807) is 42.5 Å². The fourth-order valence-electron chi connectivity index (χ4n) is 1.59. The van der Waals surface area contributed by atoms with Crippen LogP contribution in [-0.4, -0.2) is 11.1 Å². The molecular formula is C14H10Br2O3. The summed E-state index contributed by atoms with van der Waals surface area (Å²) in [6.07, 6.45) is -1.03. The molecule has 0 fully saturated rings. The molecule has 0 unspecified atom stereocenters. The molecule has 0 saturated carbocycles. The van der Waals surface area contributed by atoms with Crippen molar-refractivity contribution in [2.24, 2.45) is 0 Å². The van der Waals surface area contributed by atoms with Crippen LogP contribution in [0.5, 0.6) is 5.75 Å². The molecule has 2 rings (SSSR count). The van der Waals surface area contributed by atoms with Crippen LogP contribution < -0.4 is 4.74 Å². The zero-order chi connectivity index (χ0) is 13.8. The largest absolute Gasteiger partial charge is 0.478 e. The Labute approximate surface area is 127 Å². The molecule has 0 bridgehead atoms. The number of hydrogen-bond acceptors (Lipinski definition) is 2. The van der Waals surface area contributed by atoms with E-state index in [1.165, 1.54) is 0 Å². The van der Waals surface area contributed by atoms with Gasteiger partial charge in [-0.15, -0.1) is 0 Å². The zero-order valence-corrected chi connectivity index (χ0v) is 12.9. The van der Waals surface area contributed by atoms with Gasteiger partial charge in [-0.25, -0.2) is 4.79 Å². The minimum absolute atomic E-state index is 0.486. The molecule has 0 aliphatic carbocycles. The molecule has 0 aliphatic rings. The summed E-state index contributed by atoms with van der Waals surface area (Å²) < 4.78 is 7.17. The van der Waals surface area contributed by atoms with Crippen molar-refractivity contribution in [2.45, 2.75) is 6.10 Å².